The van der Waals surface area contributed by atoms with E-state index in [0.29, 0.717) is 11.8 Å². The minimum Gasteiger partial charge on any atom is -0.352 e. The molecule has 0 unspecified atom stereocenters. The van der Waals surface area contributed by atoms with Crippen LogP contribution in [0.5, 0.6) is 0 Å². The molecule has 0 bridgehead atoms. The quantitative estimate of drug-likeness (QED) is 0.918. The van der Waals surface area contributed by atoms with Crippen molar-refractivity contribution >= 4 is 17.5 Å². The first kappa shape index (κ1) is 14.7. The summed E-state index contributed by atoms with van der Waals surface area (Å²) in [6.45, 7) is 3.66. The minimum absolute atomic E-state index is 0.0661. The van der Waals surface area contributed by atoms with Crippen molar-refractivity contribution in [2.45, 2.75) is 12.5 Å². The van der Waals surface area contributed by atoms with Crippen LogP contribution >= 0.6 is 11.6 Å². The Morgan fingerprint density at radius 3 is 2.87 bits per heavy atom. The van der Waals surface area contributed by atoms with Gasteiger partial charge in [0.25, 0.3) is 5.91 Å². The second kappa shape index (κ2) is 5.99. The van der Waals surface area contributed by atoms with Gasteiger partial charge in [0, 0.05) is 42.7 Å². The predicted octanol–water partition coefficient (Wildman–Crippen LogP) is 3.30. The molecule has 2 atom stereocenters. The SMILES string of the molecule is O=C1NC[C@H]2CN(Cc3cccc(Cl)c3)C[C@H]2c2ccccc21. The van der Waals surface area contributed by atoms with Gasteiger partial charge in [0.15, 0.2) is 0 Å². The summed E-state index contributed by atoms with van der Waals surface area (Å²) in [5.74, 6) is 0.961. The van der Waals surface area contributed by atoms with Gasteiger partial charge in [-0.2, -0.15) is 0 Å². The van der Waals surface area contributed by atoms with Crippen LogP contribution in [0.2, 0.25) is 5.02 Å². The van der Waals surface area contributed by atoms with Crippen LogP contribution in [-0.4, -0.2) is 30.4 Å². The molecule has 0 radical (unpaired) electrons. The van der Waals surface area contributed by atoms with Crippen LogP contribution < -0.4 is 5.32 Å². The van der Waals surface area contributed by atoms with E-state index < -0.39 is 0 Å². The van der Waals surface area contributed by atoms with Gasteiger partial charge < -0.3 is 5.32 Å². The number of amides is 1. The second-order valence-electron chi connectivity index (χ2n) is 6.49. The Labute approximate surface area is 141 Å². The highest BCUT2D eigenvalue weighted by atomic mass is 35.5. The minimum atomic E-state index is 0.0661. The Kier molecular flexibility index (Phi) is 3.83. The zero-order valence-electron chi connectivity index (χ0n) is 12.8. The van der Waals surface area contributed by atoms with E-state index in [1.165, 1.54) is 11.1 Å². The van der Waals surface area contributed by atoms with Crippen LogP contribution in [0, 0.1) is 5.92 Å². The number of hydrogen-bond acceptors (Lipinski definition) is 2. The van der Waals surface area contributed by atoms with Crippen molar-refractivity contribution in [3.05, 3.63) is 70.2 Å². The highest BCUT2D eigenvalue weighted by Crippen LogP contribution is 2.36. The fourth-order valence-corrected chi connectivity index (χ4v) is 4.10. The lowest BCUT2D eigenvalue weighted by Gasteiger charge is -2.17. The number of hydrogen-bond donors (Lipinski definition) is 1. The van der Waals surface area contributed by atoms with E-state index in [1.54, 1.807) is 0 Å². The fourth-order valence-electron chi connectivity index (χ4n) is 3.89. The standard InChI is InChI=1S/C19H19ClN2O/c20-15-5-3-4-13(8-15)10-22-11-14-9-21-19(23)17-7-2-1-6-16(17)18(14)12-22/h1-8,14,18H,9-12H2,(H,21,23)/t14-,18+/m0/s1. The second-order valence-corrected chi connectivity index (χ2v) is 6.92. The number of carbonyl (C=O) groups excluding carboxylic acids is 1. The first-order valence-corrected chi connectivity index (χ1v) is 8.42. The van der Waals surface area contributed by atoms with E-state index in [0.717, 1.165) is 36.8 Å². The molecule has 1 fully saturated rings. The van der Waals surface area contributed by atoms with Gasteiger partial charge in [-0.15, -0.1) is 0 Å². The first-order valence-electron chi connectivity index (χ1n) is 8.04. The van der Waals surface area contributed by atoms with Gasteiger partial charge in [0.2, 0.25) is 0 Å². The van der Waals surface area contributed by atoms with Gasteiger partial charge in [-0.25, -0.2) is 0 Å². The molecule has 0 aromatic heterocycles. The van der Waals surface area contributed by atoms with Gasteiger partial charge in [-0.3, -0.25) is 9.69 Å². The summed E-state index contributed by atoms with van der Waals surface area (Å²) in [7, 11) is 0. The number of benzene rings is 2. The van der Waals surface area contributed by atoms with Crippen LogP contribution in [0.25, 0.3) is 0 Å². The van der Waals surface area contributed by atoms with Crippen LogP contribution in [0.4, 0.5) is 0 Å². The fraction of sp³-hybridized carbons (Fsp3) is 0.316. The normalized spacial score (nSPS) is 23.8. The lowest BCUT2D eigenvalue weighted by atomic mass is 9.87. The zero-order valence-corrected chi connectivity index (χ0v) is 13.6. The maximum Gasteiger partial charge on any atom is 0.251 e. The van der Waals surface area contributed by atoms with Gasteiger partial charge in [0.05, 0.1) is 0 Å². The molecule has 2 heterocycles. The Balaban J connectivity index is 1.57. The summed E-state index contributed by atoms with van der Waals surface area (Å²) >= 11 is 6.09. The maximum absolute atomic E-state index is 12.2. The molecule has 1 N–H and O–H groups in total. The zero-order chi connectivity index (χ0) is 15.8. The number of halogens is 1. The average Bonchev–Trinajstić information content (AvgIpc) is 2.90. The lowest BCUT2D eigenvalue weighted by molar-refractivity contribution is 0.0951. The highest BCUT2D eigenvalue weighted by molar-refractivity contribution is 6.30. The molecule has 2 aromatic carbocycles. The highest BCUT2D eigenvalue weighted by Gasteiger charge is 2.37. The summed E-state index contributed by atoms with van der Waals surface area (Å²) in [6, 6.07) is 16.1. The topological polar surface area (TPSA) is 32.3 Å². The van der Waals surface area contributed by atoms with Crippen molar-refractivity contribution in [1.29, 1.82) is 0 Å². The van der Waals surface area contributed by atoms with Crippen molar-refractivity contribution < 1.29 is 4.79 Å². The Morgan fingerprint density at radius 2 is 2.00 bits per heavy atom. The van der Waals surface area contributed by atoms with E-state index in [-0.39, 0.29) is 5.91 Å². The number of rotatable bonds is 2. The lowest BCUT2D eigenvalue weighted by Crippen LogP contribution is -2.29. The number of nitrogens with zero attached hydrogens (tertiary/aromatic N) is 1. The number of likely N-dealkylation sites (tertiary alicyclic amines) is 1. The molecule has 1 amide bonds. The monoisotopic (exact) mass is 326 g/mol. The third kappa shape index (κ3) is 2.87. The molecule has 0 saturated carbocycles. The van der Waals surface area contributed by atoms with E-state index in [9.17, 15) is 4.79 Å². The van der Waals surface area contributed by atoms with Crippen molar-refractivity contribution in [2.24, 2.45) is 5.92 Å². The van der Waals surface area contributed by atoms with Crippen molar-refractivity contribution in [3.63, 3.8) is 0 Å². The van der Waals surface area contributed by atoms with Crippen LogP contribution in [0.15, 0.2) is 48.5 Å². The smallest absolute Gasteiger partial charge is 0.251 e. The van der Waals surface area contributed by atoms with E-state index in [2.05, 4.69) is 22.3 Å². The Hall–Kier alpha value is -1.84. The Morgan fingerprint density at radius 1 is 1.13 bits per heavy atom. The summed E-state index contributed by atoms with van der Waals surface area (Å²) < 4.78 is 0. The summed E-state index contributed by atoms with van der Waals surface area (Å²) in [6.07, 6.45) is 0. The summed E-state index contributed by atoms with van der Waals surface area (Å²) in [5.41, 5.74) is 3.27. The molecular formula is C19H19ClN2O. The number of carbonyl (C=O) groups is 1. The van der Waals surface area contributed by atoms with Gasteiger partial charge in [-0.1, -0.05) is 41.9 Å². The predicted molar refractivity (Wildman–Crippen MR) is 91.7 cm³/mol. The number of nitrogens with one attached hydrogen (secondary N) is 1. The van der Waals surface area contributed by atoms with E-state index in [1.807, 2.05) is 36.4 Å². The van der Waals surface area contributed by atoms with E-state index in [4.69, 9.17) is 11.6 Å². The molecule has 118 valence electrons. The van der Waals surface area contributed by atoms with Crippen LogP contribution in [0.1, 0.15) is 27.4 Å². The van der Waals surface area contributed by atoms with Crippen molar-refractivity contribution in [2.75, 3.05) is 19.6 Å². The molecule has 0 aliphatic carbocycles. The average molecular weight is 327 g/mol. The van der Waals surface area contributed by atoms with Gasteiger partial charge >= 0.3 is 0 Å². The molecule has 4 rings (SSSR count). The van der Waals surface area contributed by atoms with Crippen molar-refractivity contribution in [3.8, 4) is 0 Å². The van der Waals surface area contributed by atoms with Gasteiger partial charge in [-0.05, 0) is 35.2 Å². The van der Waals surface area contributed by atoms with Crippen LogP contribution in [0.3, 0.4) is 0 Å². The largest absolute Gasteiger partial charge is 0.352 e. The molecule has 1 saturated heterocycles. The molecule has 3 nitrogen and oxygen atoms in total. The molecular weight excluding hydrogens is 308 g/mol. The van der Waals surface area contributed by atoms with Crippen molar-refractivity contribution in [1.82, 2.24) is 10.2 Å². The van der Waals surface area contributed by atoms with Crippen LogP contribution in [-0.2, 0) is 6.54 Å². The Bertz CT molecular complexity index is 746. The first-order chi connectivity index (χ1) is 11.2. The van der Waals surface area contributed by atoms with Gasteiger partial charge in [0.1, 0.15) is 0 Å². The summed E-state index contributed by atoms with van der Waals surface area (Å²) in [4.78, 5) is 14.7. The third-order valence-corrected chi connectivity index (χ3v) is 5.18. The molecule has 0 spiro atoms. The maximum atomic E-state index is 12.2. The molecule has 23 heavy (non-hydrogen) atoms. The molecule has 2 aliphatic heterocycles. The molecule has 2 aliphatic rings. The van der Waals surface area contributed by atoms with E-state index >= 15 is 0 Å². The third-order valence-electron chi connectivity index (χ3n) is 4.94. The molecule has 4 heteroatoms. The molecule has 2 aromatic rings. The summed E-state index contributed by atoms with van der Waals surface area (Å²) in [5, 5.41) is 3.86. The number of fused-ring (bicyclic) bond motifs is 3.